The zero-order valence-corrected chi connectivity index (χ0v) is 14.7. The number of aromatic nitrogens is 1. The molecule has 6 nitrogen and oxygen atoms in total. The van der Waals surface area contributed by atoms with Gasteiger partial charge in [-0.25, -0.2) is 17.6 Å². The van der Waals surface area contributed by atoms with Crippen molar-refractivity contribution in [2.24, 2.45) is 0 Å². The highest BCUT2D eigenvalue weighted by molar-refractivity contribution is 6.40. The number of hydrogen-bond acceptors (Lipinski definition) is 3. The Kier molecular flexibility index (Phi) is 6.18. The summed E-state index contributed by atoms with van der Waals surface area (Å²) in [4.78, 5) is 26.9. The van der Waals surface area contributed by atoms with Gasteiger partial charge in [0.1, 0.15) is 6.61 Å². The molecule has 3 N–H and O–H groups in total. The molecule has 1 heterocycles. The van der Waals surface area contributed by atoms with E-state index in [2.05, 4.69) is 15.6 Å². The van der Waals surface area contributed by atoms with Crippen LogP contribution < -0.4 is 10.6 Å². The van der Waals surface area contributed by atoms with E-state index in [-0.39, 0.29) is 28.7 Å². The third kappa shape index (κ3) is 4.80. The lowest BCUT2D eigenvalue weighted by molar-refractivity contribution is -0.136. The lowest BCUT2D eigenvalue weighted by atomic mass is 9.93. The zero-order chi connectivity index (χ0) is 20.3. The van der Waals surface area contributed by atoms with Gasteiger partial charge in [0.05, 0.1) is 17.3 Å². The predicted octanol–water partition coefficient (Wildman–Crippen LogP) is 3.09. The van der Waals surface area contributed by atoms with Gasteiger partial charge in [0.2, 0.25) is 0 Å². The minimum absolute atomic E-state index is 0.151. The Hall–Kier alpha value is -2.62. The molecule has 0 saturated heterocycles. The first-order valence-electron chi connectivity index (χ1n) is 8.81. The van der Waals surface area contributed by atoms with Crippen LogP contribution in [0.1, 0.15) is 25.7 Å². The first kappa shape index (κ1) is 20.1. The number of benzene rings is 1. The molecule has 2 amide bonds. The predicted molar refractivity (Wildman–Crippen MR) is 93.0 cm³/mol. The number of aromatic amines is 1. The summed E-state index contributed by atoms with van der Waals surface area (Å²) in [7, 11) is 0. The summed E-state index contributed by atoms with van der Waals surface area (Å²) < 4.78 is 56.0. The first-order chi connectivity index (χ1) is 13.3. The average Bonchev–Trinajstić information content (AvgIpc) is 3.03. The summed E-state index contributed by atoms with van der Waals surface area (Å²) in [5.74, 6) is -3.91. The Morgan fingerprint density at radius 3 is 2.46 bits per heavy atom. The molecule has 3 rings (SSSR count). The van der Waals surface area contributed by atoms with E-state index in [4.69, 9.17) is 4.74 Å². The number of anilines is 1. The van der Waals surface area contributed by atoms with Gasteiger partial charge in [-0.2, -0.15) is 0 Å². The number of H-pyrrole nitrogens is 1. The maximum atomic E-state index is 13.4. The molecule has 0 spiro atoms. The van der Waals surface area contributed by atoms with Crippen LogP contribution >= 0.6 is 0 Å². The summed E-state index contributed by atoms with van der Waals surface area (Å²) in [5.41, 5.74) is 0.426. The molecule has 1 aromatic carbocycles. The molecule has 28 heavy (non-hydrogen) atoms. The van der Waals surface area contributed by atoms with Gasteiger partial charge in [0, 0.05) is 23.7 Å². The summed E-state index contributed by atoms with van der Waals surface area (Å²) in [6.07, 6.45) is 0.558. The molecule has 1 saturated carbocycles. The third-order valence-corrected chi connectivity index (χ3v) is 4.64. The average molecular weight is 401 g/mol. The van der Waals surface area contributed by atoms with Crippen LogP contribution in [-0.2, 0) is 14.3 Å². The van der Waals surface area contributed by atoms with E-state index in [0.717, 1.165) is 12.1 Å². The van der Waals surface area contributed by atoms with E-state index in [1.807, 2.05) is 0 Å². The second-order valence-corrected chi connectivity index (χ2v) is 6.64. The third-order valence-electron chi connectivity index (χ3n) is 4.64. The summed E-state index contributed by atoms with van der Waals surface area (Å²) in [6.45, 7) is -0.612. The fourth-order valence-corrected chi connectivity index (χ4v) is 3.23. The van der Waals surface area contributed by atoms with Crippen molar-refractivity contribution in [1.82, 2.24) is 10.3 Å². The lowest BCUT2D eigenvalue weighted by Crippen LogP contribution is -2.44. The van der Waals surface area contributed by atoms with Crippen molar-refractivity contribution in [3.05, 3.63) is 30.0 Å². The standard InChI is InChI=1S/C18H19F4N3O3/c19-12-5-11-14(6-13(12)20)23-7-15(11)25-18(27)17(26)24-9-1-3-10(4-2-9)28-8-16(21)22/h5-7,9-10,16,23H,1-4,8H2,(H,24,26)(H,25,27)/t9-,10-. The molecule has 1 aromatic heterocycles. The quantitative estimate of drug-likeness (QED) is 0.532. The minimum Gasteiger partial charge on any atom is -0.372 e. The van der Waals surface area contributed by atoms with Crippen molar-refractivity contribution in [2.75, 3.05) is 11.9 Å². The van der Waals surface area contributed by atoms with Gasteiger partial charge in [-0.1, -0.05) is 0 Å². The van der Waals surface area contributed by atoms with Crippen molar-refractivity contribution >= 4 is 28.4 Å². The smallest absolute Gasteiger partial charge is 0.313 e. The van der Waals surface area contributed by atoms with E-state index in [1.165, 1.54) is 6.20 Å². The molecule has 10 heteroatoms. The molecule has 0 bridgehead atoms. The van der Waals surface area contributed by atoms with Gasteiger partial charge in [-0.15, -0.1) is 0 Å². The van der Waals surface area contributed by atoms with Gasteiger partial charge in [-0.3, -0.25) is 9.59 Å². The molecular weight excluding hydrogens is 382 g/mol. The molecule has 1 aliphatic carbocycles. The molecule has 0 radical (unpaired) electrons. The van der Waals surface area contributed by atoms with Crippen LogP contribution in [0, 0.1) is 11.6 Å². The highest BCUT2D eigenvalue weighted by Gasteiger charge is 2.26. The number of ether oxygens (including phenoxy) is 1. The Morgan fingerprint density at radius 2 is 1.79 bits per heavy atom. The molecule has 0 aliphatic heterocycles. The number of fused-ring (bicyclic) bond motifs is 1. The second kappa shape index (κ2) is 8.59. The Bertz CT molecular complexity index is 863. The molecule has 1 aliphatic rings. The Balaban J connectivity index is 1.52. The van der Waals surface area contributed by atoms with E-state index in [9.17, 15) is 27.2 Å². The van der Waals surface area contributed by atoms with E-state index < -0.39 is 36.5 Å². The molecule has 2 aromatic rings. The van der Waals surface area contributed by atoms with Crippen LogP contribution in [0.3, 0.4) is 0 Å². The van der Waals surface area contributed by atoms with Gasteiger partial charge < -0.3 is 20.4 Å². The van der Waals surface area contributed by atoms with Crippen molar-refractivity contribution in [3.8, 4) is 0 Å². The van der Waals surface area contributed by atoms with Crippen molar-refractivity contribution < 1.29 is 31.9 Å². The SMILES string of the molecule is O=C(Nc1c[nH]c2cc(F)c(F)cc12)C(=O)N[C@H]1CC[C@H](OCC(F)F)CC1. The van der Waals surface area contributed by atoms with E-state index in [0.29, 0.717) is 25.7 Å². The van der Waals surface area contributed by atoms with Crippen LogP contribution in [-0.4, -0.2) is 42.0 Å². The van der Waals surface area contributed by atoms with Gasteiger partial charge in [0.15, 0.2) is 11.6 Å². The monoisotopic (exact) mass is 401 g/mol. The number of rotatable bonds is 5. The van der Waals surface area contributed by atoms with Crippen molar-refractivity contribution in [2.45, 2.75) is 44.3 Å². The lowest BCUT2D eigenvalue weighted by Gasteiger charge is -2.28. The second-order valence-electron chi connectivity index (χ2n) is 6.64. The normalized spacial score (nSPS) is 19.8. The number of nitrogens with one attached hydrogen (secondary N) is 3. The molecule has 0 unspecified atom stereocenters. The number of carbonyl (C=O) groups is 2. The fraction of sp³-hybridized carbons (Fsp3) is 0.444. The first-order valence-corrected chi connectivity index (χ1v) is 8.81. The van der Waals surface area contributed by atoms with E-state index >= 15 is 0 Å². The van der Waals surface area contributed by atoms with Crippen LogP contribution in [0.5, 0.6) is 0 Å². The maximum absolute atomic E-state index is 13.4. The summed E-state index contributed by atoms with van der Waals surface area (Å²) in [6, 6.07) is 1.61. The Labute approximate surface area is 157 Å². The highest BCUT2D eigenvalue weighted by Crippen LogP contribution is 2.26. The van der Waals surface area contributed by atoms with Crippen LogP contribution in [0.2, 0.25) is 0 Å². The molecule has 152 valence electrons. The Morgan fingerprint density at radius 1 is 1.11 bits per heavy atom. The molecule has 0 atom stereocenters. The number of alkyl halides is 2. The van der Waals surface area contributed by atoms with Crippen LogP contribution in [0.4, 0.5) is 23.2 Å². The largest absolute Gasteiger partial charge is 0.372 e. The fourth-order valence-electron chi connectivity index (χ4n) is 3.23. The van der Waals surface area contributed by atoms with Crippen LogP contribution in [0.15, 0.2) is 18.3 Å². The molecule has 1 fully saturated rings. The van der Waals surface area contributed by atoms with Crippen LogP contribution in [0.25, 0.3) is 10.9 Å². The molecular formula is C18H19F4N3O3. The summed E-state index contributed by atoms with van der Waals surface area (Å²) >= 11 is 0. The summed E-state index contributed by atoms with van der Waals surface area (Å²) in [5, 5.41) is 5.18. The van der Waals surface area contributed by atoms with Crippen molar-refractivity contribution in [3.63, 3.8) is 0 Å². The number of halogens is 4. The zero-order valence-electron chi connectivity index (χ0n) is 14.7. The van der Waals surface area contributed by atoms with Gasteiger partial charge in [-0.05, 0) is 31.7 Å². The van der Waals surface area contributed by atoms with Crippen molar-refractivity contribution in [1.29, 1.82) is 0 Å². The van der Waals surface area contributed by atoms with Gasteiger partial charge in [0.25, 0.3) is 6.43 Å². The van der Waals surface area contributed by atoms with Gasteiger partial charge >= 0.3 is 11.8 Å². The number of carbonyl (C=O) groups excluding carboxylic acids is 2. The van der Waals surface area contributed by atoms with E-state index in [1.54, 1.807) is 0 Å². The number of amides is 2. The maximum Gasteiger partial charge on any atom is 0.313 e. The minimum atomic E-state index is -2.52. The number of hydrogen-bond donors (Lipinski definition) is 3. The topological polar surface area (TPSA) is 83.2 Å². The highest BCUT2D eigenvalue weighted by atomic mass is 19.3.